The van der Waals surface area contributed by atoms with E-state index < -0.39 is 23.2 Å². The fourth-order valence-corrected chi connectivity index (χ4v) is 11.0. The summed E-state index contributed by atoms with van der Waals surface area (Å²) in [5, 5.41) is 29.5. The number of nitrogens with one attached hydrogen (secondary N) is 1. The van der Waals surface area contributed by atoms with Crippen molar-refractivity contribution in [2.24, 2.45) is 13.0 Å². The number of amides is 1. The Hall–Kier alpha value is -6.94. The van der Waals surface area contributed by atoms with Crippen molar-refractivity contribution in [2.75, 3.05) is 13.2 Å². The molecule has 338 valence electrons. The highest BCUT2D eigenvalue weighted by molar-refractivity contribution is 6.00. The lowest BCUT2D eigenvalue weighted by Gasteiger charge is -2.35. The first-order chi connectivity index (χ1) is 31.6. The molecule has 1 N–H and O–H groups in total. The third-order valence-corrected chi connectivity index (χ3v) is 14.5. The average Bonchev–Trinajstić information content (AvgIpc) is 3.79. The molecule has 1 amide bonds. The lowest BCUT2D eigenvalue weighted by atomic mass is 9.83. The molecule has 2 fully saturated rings. The number of ether oxygens (including phenoxy) is 1. The van der Waals surface area contributed by atoms with E-state index in [1.54, 1.807) is 77.6 Å². The molecule has 0 radical (unpaired) electrons. The quantitative estimate of drug-likeness (QED) is 0.123. The van der Waals surface area contributed by atoms with Crippen LogP contribution >= 0.6 is 0 Å². The second kappa shape index (κ2) is 14.8. The first-order valence-corrected chi connectivity index (χ1v) is 22.5. The van der Waals surface area contributed by atoms with Crippen LogP contribution in [-0.2, 0) is 23.7 Å². The summed E-state index contributed by atoms with van der Waals surface area (Å²) in [6, 6.07) is 19.3. The number of benzene rings is 3. The molecule has 66 heavy (non-hydrogen) atoms. The van der Waals surface area contributed by atoms with Crippen LogP contribution in [0.4, 0.5) is 8.78 Å². The summed E-state index contributed by atoms with van der Waals surface area (Å²) in [5.74, 6) is -1.25. The van der Waals surface area contributed by atoms with Crippen LogP contribution in [0, 0.1) is 36.6 Å². The number of aromatic amines is 1. The third-order valence-electron chi connectivity index (χ3n) is 14.5. The Labute approximate surface area is 378 Å². The second-order valence-corrected chi connectivity index (χ2v) is 19.1. The molecule has 3 aliphatic rings. The maximum absolute atomic E-state index is 16.3. The first-order valence-electron chi connectivity index (χ1n) is 22.5. The minimum atomic E-state index is -0.859. The van der Waals surface area contributed by atoms with Gasteiger partial charge in [0.05, 0.1) is 45.7 Å². The Balaban J connectivity index is 1.07. The first kappa shape index (κ1) is 41.7. The van der Waals surface area contributed by atoms with Crippen molar-refractivity contribution in [3.8, 4) is 28.3 Å². The molecule has 0 bridgehead atoms. The summed E-state index contributed by atoms with van der Waals surface area (Å²) >= 11 is 0. The number of rotatable bonds is 7. The minimum Gasteiger partial charge on any atom is -0.618 e. The maximum atomic E-state index is 16.3. The topological polar surface area (TPSA) is 156 Å². The van der Waals surface area contributed by atoms with Gasteiger partial charge in [-0.25, -0.2) is 18.3 Å². The Morgan fingerprint density at radius 3 is 2.42 bits per heavy atom. The van der Waals surface area contributed by atoms with Crippen LogP contribution in [-0.4, -0.2) is 63.8 Å². The monoisotopic (exact) mass is 893 g/mol. The van der Waals surface area contributed by atoms with Crippen molar-refractivity contribution in [1.82, 2.24) is 39.2 Å². The van der Waals surface area contributed by atoms with Gasteiger partial charge in [-0.2, -0.15) is 14.9 Å². The average molecular weight is 894 g/mol. The highest BCUT2D eigenvalue weighted by Crippen LogP contribution is 2.56. The number of carbonyl (C=O) groups excluding carboxylic acids is 1. The van der Waals surface area contributed by atoms with Gasteiger partial charge < -0.3 is 19.4 Å². The van der Waals surface area contributed by atoms with Crippen molar-refractivity contribution in [2.45, 2.75) is 90.3 Å². The number of H-pyrrole nitrogens is 1. The van der Waals surface area contributed by atoms with Gasteiger partial charge in [0.1, 0.15) is 28.6 Å². The van der Waals surface area contributed by atoms with E-state index in [1.807, 2.05) is 17.6 Å². The SMILES string of the molecule is Cc1cc(-n2nc3c(c2-c2cccc(-c4ccc5c(cnn5C)c4F)[n+]2[O-])[C@H](C)N(C(=O)c2cc4cc([C@H]5CCOC(C)(C)C5)ccc4n2[C@@]2(c4noc(=O)[nH]4)C[C@@H]2C)CC3)cc(C)c1F. The lowest BCUT2D eigenvalue weighted by molar-refractivity contribution is -0.582. The second-order valence-electron chi connectivity index (χ2n) is 19.1. The number of pyridine rings is 1. The molecule has 3 aromatic carbocycles. The van der Waals surface area contributed by atoms with E-state index in [0.29, 0.717) is 81.5 Å². The van der Waals surface area contributed by atoms with Crippen LogP contribution in [0.1, 0.15) is 103 Å². The molecule has 1 saturated carbocycles. The number of carbonyl (C=O) groups is 1. The normalized spacial score (nSPS) is 21.5. The summed E-state index contributed by atoms with van der Waals surface area (Å²) in [6.07, 6.45) is 4.12. The fourth-order valence-electron chi connectivity index (χ4n) is 11.0. The Bertz CT molecular complexity index is 3350. The Morgan fingerprint density at radius 2 is 1.71 bits per heavy atom. The number of hydrogen-bond donors (Lipinski definition) is 1. The van der Waals surface area contributed by atoms with Gasteiger partial charge in [0.25, 0.3) is 5.91 Å². The number of hydrogen-bond acceptors (Lipinski definition) is 8. The predicted molar refractivity (Wildman–Crippen MR) is 242 cm³/mol. The summed E-state index contributed by atoms with van der Waals surface area (Å²) < 4.78 is 48.5. The molecule has 8 aromatic rings. The van der Waals surface area contributed by atoms with Crippen LogP contribution in [0.25, 0.3) is 50.1 Å². The number of nitrogens with zero attached hydrogens (tertiary/aromatic N) is 8. The van der Waals surface area contributed by atoms with Gasteiger partial charge in [-0.1, -0.05) is 18.1 Å². The molecule has 1 saturated heterocycles. The Kier molecular flexibility index (Phi) is 9.35. The molecule has 11 rings (SSSR count). The molecule has 4 atom stereocenters. The standard InChI is InChI=1S/C50H49F2N9O5/c1-26-19-33(20-27(2)43(26)51)60-45(40-10-8-9-39(61(40)64)34-12-14-38-35(44(34)52)25-53-57(38)7)42-29(4)58(17-15-36(42)55-60)46(62)41-22-32-21-30(31-16-18-65-49(5,6)24-31)11-13-37(32)59(41)50(23-28(50)3)47-54-48(63)66-56-47/h8-14,19-22,25,28-29,31H,15-18,23-24H2,1-7H3,(H,54,56,63)/t28-,29-,31-,50-/m0/s1. The van der Waals surface area contributed by atoms with Crippen molar-refractivity contribution >= 4 is 27.7 Å². The van der Waals surface area contributed by atoms with E-state index in [9.17, 15) is 10.0 Å². The van der Waals surface area contributed by atoms with Gasteiger partial charge in [-0.15, -0.1) is 0 Å². The van der Waals surface area contributed by atoms with E-state index in [2.05, 4.69) is 54.2 Å². The van der Waals surface area contributed by atoms with Crippen LogP contribution in [0.2, 0.25) is 0 Å². The summed E-state index contributed by atoms with van der Waals surface area (Å²) in [4.78, 5) is 32.6. The predicted octanol–water partition coefficient (Wildman–Crippen LogP) is 8.47. The number of aromatic nitrogens is 8. The Morgan fingerprint density at radius 1 is 0.970 bits per heavy atom. The molecule has 7 heterocycles. The third kappa shape index (κ3) is 6.27. The zero-order chi connectivity index (χ0) is 46.1. The van der Waals surface area contributed by atoms with Gasteiger partial charge >= 0.3 is 5.76 Å². The largest absolute Gasteiger partial charge is 0.618 e. The van der Waals surface area contributed by atoms with E-state index >= 15 is 13.6 Å². The molecule has 14 nitrogen and oxygen atoms in total. The van der Waals surface area contributed by atoms with Crippen molar-refractivity contribution in [3.05, 3.63) is 140 Å². The maximum Gasteiger partial charge on any atom is 0.438 e. The van der Waals surface area contributed by atoms with Crippen LogP contribution in [0.3, 0.4) is 0 Å². The van der Waals surface area contributed by atoms with Crippen LogP contribution in [0.15, 0.2) is 82.2 Å². The summed E-state index contributed by atoms with van der Waals surface area (Å²) in [6.45, 7) is 12.5. The van der Waals surface area contributed by atoms with Gasteiger partial charge in [0.2, 0.25) is 11.4 Å². The summed E-state index contributed by atoms with van der Waals surface area (Å²) in [7, 11) is 1.72. The summed E-state index contributed by atoms with van der Waals surface area (Å²) in [5.41, 5.74) is 5.24. The van der Waals surface area contributed by atoms with Gasteiger partial charge in [0, 0.05) is 55.2 Å². The molecular formula is C50H49F2N9O5. The number of aryl methyl sites for hydroxylation is 3. The molecule has 0 unspecified atom stereocenters. The van der Waals surface area contributed by atoms with Gasteiger partial charge in [-0.3, -0.25) is 19.0 Å². The number of halogens is 2. The van der Waals surface area contributed by atoms with E-state index in [4.69, 9.17) is 14.4 Å². The molecule has 0 spiro atoms. The number of fused-ring (bicyclic) bond motifs is 3. The zero-order valence-corrected chi connectivity index (χ0v) is 37.8. The molecule has 16 heteroatoms. The van der Waals surface area contributed by atoms with E-state index in [1.165, 1.54) is 6.20 Å². The zero-order valence-electron chi connectivity index (χ0n) is 37.8. The van der Waals surface area contributed by atoms with E-state index in [-0.39, 0.29) is 51.5 Å². The highest BCUT2D eigenvalue weighted by Gasteiger charge is 2.59. The van der Waals surface area contributed by atoms with Gasteiger partial charge in [-0.05, 0) is 131 Å². The van der Waals surface area contributed by atoms with Crippen LogP contribution < -0.4 is 10.5 Å². The highest BCUT2D eigenvalue weighted by atomic mass is 19.1. The van der Waals surface area contributed by atoms with E-state index in [0.717, 1.165) is 29.3 Å². The van der Waals surface area contributed by atoms with Crippen molar-refractivity contribution in [1.29, 1.82) is 0 Å². The van der Waals surface area contributed by atoms with Crippen molar-refractivity contribution < 1.29 is 27.6 Å². The minimum absolute atomic E-state index is 0.00214. The molecular weight excluding hydrogens is 845 g/mol. The smallest absolute Gasteiger partial charge is 0.438 e. The fraction of sp³-hybridized carbons (Fsp3) is 0.360. The molecule has 1 aliphatic carbocycles. The van der Waals surface area contributed by atoms with Gasteiger partial charge in [0.15, 0.2) is 5.82 Å². The molecule has 5 aromatic heterocycles. The van der Waals surface area contributed by atoms with Crippen LogP contribution in [0.5, 0.6) is 0 Å². The molecule has 2 aliphatic heterocycles. The lowest BCUT2D eigenvalue weighted by Crippen LogP contribution is -2.41. The van der Waals surface area contributed by atoms with Crippen molar-refractivity contribution in [3.63, 3.8) is 0 Å².